The first kappa shape index (κ1) is 35.4. The second-order valence-corrected chi connectivity index (χ2v) is 11.4. The van der Waals surface area contributed by atoms with E-state index in [4.69, 9.17) is 9.84 Å². The van der Waals surface area contributed by atoms with E-state index in [-0.39, 0.29) is 18.2 Å². The maximum atomic E-state index is 13.9. The third-order valence-corrected chi connectivity index (χ3v) is 8.83. The number of methoxy groups -OCH3 is 1. The Hall–Kier alpha value is -4.10. The number of nitrogens with zero attached hydrogens (tertiary/aromatic N) is 4. The number of ketones is 1. The summed E-state index contributed by atoms with van der Waals surface area (Å²) in [6, 6.07) is 5.60. The SMILES string of the molecule is CC.COc1ccc(F)cc1CCn1c(=O)n(C(C)CCNC=O)c(=O)c2c(C)c(-n3cccn3)sc21.O=C1CCC(O)CC1. The number of halogens is 1. The highest BCUT2D eigenvalue weighted by Gasteiger charge is 2.23. The van der Waals surface area contributed by atoms with Gasteiger partial charge in [0.25, 0.3) is 5.56 Å². The highest BCUT2D eigenvalue weighted by Crippen LogP contribution is 2.31. The lowest BCUT2D eigenvalue weighted by Crippen LogP contribution is -2.42. The minimum atomic E-state index is -0.454. The van der Waals surface area contributed by atoms with E-state index in [0.717, 1.165) is 10.6 Å². The van der Waals surface area contributed by atoms with Crippen molar-refractivity contribution in [3.63, 3.8) is 0 Å². The number of carbonyl (C=O) groups excluding carboxylic acids is 2. The minimum Gasteiger partial charge on any atom is -0.496 e. The van der Waals surface area contributed by atoms with Crippen LogP contribution in [-0.2, 0) is 22.6 Å². The number of ether oxygens (including phenoxy) is 1. The number of hydrogen-bond donors (Lipinski definition) is 2. The molecule has 244 valence electrons. The van der Waals surface area contributed by atoms with Gasteiger partial charge in [-0.2, -0.15) is 5.10 Å². The van der Waals surface area contributed by atoms with Crippen LogP contribution in [0.1, 0.15) is 70.0 Å². The Kier molecular flexibility index (Phi) is 13.2. The van der Waals surface area contributed by atoms with E-state index in [9.17, 15) is 23.6 Å². The van der Waals surface area contributed by atoms with E-state index in [1.807, 2.05) is 20.8 Å². The van der Waals surface area contributed by atoms with E-state index in [2.05, 4.69) is 10.4 Å². The summed E-state index contributed by atoms with van der Waals surface area (Å²) in [5, 5.41) is 16.9. The van der Waals surface area contributed by atoms with Gasteiger partial charge in [0.2, 0.25) is 6.41 Å². The zero-order valence-electron chi connectivity index (χ0n) is 26.4. The van der Waals surface area contributed by atoms with Crippen LogP contribution in [0.5, 0.6) is 5.75 Å². The fourth-order valence-corrected chi connectivity index (χ4v) is 6.39. The molecule has 0 spiro atoms. The molecule has 1 aliphatic carbocycles. The predicted octanol–water partition coefficient (Wildman–Crippen LogP) is 4.32. The predicted molar refractivity (Wildman–Crippen MR) is 173 cm³/mol. The Labute approximate surface area is 265 Å². The third kappa shape index (κ3) is 8.54. The van der Waals surface area contributed by atoms with Crippen molar-refractivity contribution in [2.75, 3.05) is 13.7 Å². The van der Waals surface area contributed by atoms with Gasteiger partial charge in [0.15, 0.2) is 0 Å². The number of aromatic nitrogens is 4. The molecule has 1 saturated carbocycles. The highest BCUT2D eigenvalue weighted by atomic mass is 32.1. The summed E-state index contributed by atoms with van der Waals surface area (Å²) in [6.07, 6.45) is 7.07. The Balaban J connectivity index is 0.000000475. The zero-order chi connectivity index (χ0) is 33.1. The van der Waals surface area contributed by atoms with Crippen LogP contribution < -0.4 is 21.3 Å². The van der Waals surface area contributed by atoms with Crippen LogP contribution in [0.4, 0.5) is 4.39 Å². The lowest BCUT2D eigenvalue weighted by molar-refractivity contribution is -0.122. The zero-order valence-corrected chi connectivity index (χ0v) is 27.2. The molecule has 45 heavy (non-hydrogen) atoms. The number of aryl methyl sites for hydroxylation is 3. The molecule has 1 atom stereocenters. The van der Waals surface area contributed by atoms with Gasteiger partial charge in [-0.05, 0) is 69.4 Å². The van der Waals surface area contributed by atoms with Crippen molar-refractivity contribution in [3.8, 4) is 10.8 Å². The van der Waals surface area contributed by atoms with Crippen molar-refractivity contribution in [1.29, 1.82) is 0 Å². The van der Waals surface area contributed by atoms with Crippen LogP contribution in [0.2, 0.25) is 0 Å². The van der Waals surface area contributed by atoms with Crippen molar-refractivity contribution in [2.24, 2.45) is 0 Å². The van der Waals surface area contributed by atoms with E-state index in [0.29, 0.717) is 78.8 Å². The molecule has 1 fully saturated rings. The number of Topliss-reactive ketones (excluding diaryl/α,β-unsaturated/α-hetero) is 1. The number of fused-ring (bicyclic) bond motifs is 1. The van der Waals surface area contributed by atoms with Crippen LogP contribution >= 0.6 is 11.3 Å². The Morgan fingerprint density at radius 3 is 2.53 bits per heavy atom. The molecular formula is C32H42FN5O6S. The van der Waals surface area contributed by atoms with Gasteiger partial charge in [-0.25, -0.2) is 13.9 Å². The number of nitrogens with one attached hydrogen (secondary N) is 1. The molecule has 1 unspecified atom stereocenters. The van der Waals surface area contributed by atoms with Crippen LogP contribution in [0.15, 0.2) is 46.2 Å². The first-order chi connectivity index (χ1) is 21.7. The van der Waals surface area contributed by atoms with Crippen molar-refractivity contribution in [3.05, 3.63) is 74.4 Å². The summed E-state index contributed by atoms with van der Waals surface area (Å²) in [5.74, 6) is 0.430. The molecule has 0 saturated heterocycles. The monoisotopic (exact) mass is 643 g/mol. The first-order valence-electron chi connectivity index (χ1n) is 15.1. The molecule has 1 aliphatic rings. The summed E-state index contributed by atoms with van der Waals surface area (Å²) in [4.78, 5) is 48.9. The van der Waals surface area contributed by atoms with E-state index >= 15 is 0 Å². The Morgan fingerprint density at radius 1 is 1.22 bits per heavy atom. The summed E-state index contributed by atoms with van der Waals surface area (Å²) in [5.41, 5.74) is 0.511. The largest absolute Gasteiger partial charge is 0.496 e. The van der Waals surface area contributed by atoms with Crippen LogP contribution in [0.25, 0.3) is 15.2 Å². The normalized spacial score (nSPS) is 13.8. The molecule has 0 radical (unpaired) electrons. The quantitative estimate of drug-likeness (QED) is 0.194. The van der Waals surface area contributed by atoms with Crippen molar-refractivity contribution >= 4 is 33.7 Å². The maximum absolute atomic E-state index is 13.9. The van der Waals surface area contributed by atoms with Gasteiger partial charge in [0.1, 0.15) is 27.2 Å². The number of rotatable bonds is 10. The van der Waals surface area contributed by atoms with E-state index < -0.39 is 17.5 Å². The minimum absolute atomic E-state index is 0.201. The van der Waals surface area contributed by atoms with Crippen molar-refractivity contribution in [2.45, 2.75) is 84.9 Å². The van der Waals surface area contributed by atoms with E-state index in [1.54, 1.807) is 40.7 Å². The molecule has 0 aliphatic heterocycles. The molecule has 3 heterocycles. The number of aliphatic hydroxyl groups excluding tert-OH is 1. The Bertz CT molecular complexity index is 1680. The van der Waals surface area contributed by atoms with Crippen molar-refractivity contribution < 1.29 is 23.8 Å². The molecule has 1 aromatic carbocycles. The van der Waals surface area contributed by atoms with Gasteiger partial charge in [0, 0.05) is 49.9 Å². The summed E-state index contributed by atoms with van der Waals surface area (Å²) in [7, 11) is 1.51. The lowest BCUT2D eigenvalue weighted by atomic mass is 9.97. The standard InChI is InChI=1S/C24H26FN5O4S.C6H10O2.C2H6/c1-15(7-10-26-14-31)30-21(32)20-16(2)22(29-11-4-9-27-29)35-23(20)28(24(30)33)12-8-17-13-18(25)5-6-19(17)34-3;7-5-1-2-6(8)4-3-5;1-2/h4-6,9,11,13-15H,7-8,10,12H2,1-3H3,(H,26,31);5,7H,1-4H2;1-2H3. The molecule has 4 aromatic rings. The summed E-state index contributed by atoms with van der Waals surface area (Å²) >= 11 is 1.31. The fourth-order valence-electron chi connectivity index (χ4n) is 5.13. The second kappa shape index (κ2) is 16.8. The second-order valence-electron chi connectivity index (χ2n) is 10.5. The smallest absolute Gasteiger partial charge is 0.332 e. The molecule has 11 nitrogen and oxygen atoms in total. The molecule has 1 amide bonds. The van der Waals surface area contributed by atoms with Gasteiger partial charge in [-0.3, -0.25) is 23.5 Å². The van der Waals surface area contributed by atoms with E-state index in [1.165, 1.54) is 35.1 Å². The van der Waals surface area contributed by atoms with Gasteiger partial charge in [-0.1, -0.05) is 25.2 Å². The number of thiophene rings is 1. The fraction of sp³-hybridized carbons (Fsp3) is 0.469. The number of benzene rings is 1. The number of aliphatic hydroxyl groups is 1. The molecule has 13 heteroatoms. The van der Waals surface area contributed by atoms with Crippen LogP contribution in [-0.4, -0.2) is 56.0 Å². The number of amides is 1. The molecule has 5 rings (SSSR count). The molecule has 0 bridgehead atoms. The number of carbonyl (C=O) groups is 2. The van der Waals surface area contributed by atoms with Crippen LogP contribution in [0.3, 0.4) is 0 Å². The molecular weight excluding hydrogens is 601 g/mol. The average Bonchev–Trinajstić information content (AvgIpc) is 3.68. The number of hydrogen-bond acceptors (Lipinski definition) is 8. The molecule has 3 aromatic heterocycles. The van der Waals surface area contributed by atoms with Crippen molar-refractivity contribution in [1.82, 2.24) is 24.2 Å². The summed E-state index contributed by atoms with van der Waals surface area (Å²) in [6.45, 7) is 8.16. The third-order valence-electron chi connectivity index (χ3n) is 7.52. The first-order valence-corrected chi connectivity index (χ1v) is 16.0. The Morgan fingerprint density at radius 2 is 1.93 bits per heavy atom. The highest BCUT2D eigenvalue weighted by molar-refractivity contribution is 7.21. The summed E-state index contributed by atoms with van der Waals surface area (Å²) < 4.78 is 23.8. The van der Waals surface area contributed by atoms with Gasteiger partial charge >= 0.3 is 5.69 Å². The van der Waals surface area contributed by atoms with Gasteiger partial charge in [-0.15, -0.1) is 0 Å². The van der Waals surface area contributed by atoms with Gasteiger partial charge in [0.05, 0.1) is 18.6 Å². The maximum Gasteiger partial charge on any atom is 0.332 e. The van der Waals surface area contributed by atoms with Crippen LogP contribution in [0, 0.1) is 12.7 Å². The van der Waals surface area contributed by atoms with Gasteiger partial charge < -0.3 is 15.2 Å². The average molecular weight is 644 g/mol. The lowest BCUT2D eigenvalue weighted by Gasteiger charge is -2.18. The topological polar surface area (TPSA) is 137 Å². The molecule has 2 N–H and O–H groups in total.